The third-order valence-electron chi connectivity index (χ3n) is 3.63. The summed E-state index contributed by atoms with van der Waals surface area (Å²) in [5, 5.41) is 6.99. The predicted molar refractivity (Wildman–Crippen MR) is 79.4 cm³/mol. The Balaban J connectivity index is 1.66. The zero-order valence-corrected chi connectivity index (χ0v) is 12.6. The van der Waals surface area contributed by atoms with Crippen molar-refractivity contribution < 1.29 is 4.42 Å². The fourth-order valence-corrected chi connectivity index (χ4v) is 2.22. The third kappa shape index (κ3) is 5.37. The lowest BCUT2D eigenvalue weighted by molar-refractivity contribution is 0.467. The number of aryl methyl sites for hydroxylation is 2. The molecule has 2 rings (SSSR count). The number of nitrogens with one attached hydrogen (secondary N) is 2. The Hall–Kier alpha value is -0.800. The Morgan fingerprint density at radius 1 is 1.32 bits per heavy atom. The van der Waals surface area contributed by atoms with E-state index >= 15 is 0 Å². The Labute approximate surface area is 117 Å². The van der Waals surface area contributed by atoms with E-state index in [4.69, 9.17) is 4.42 Å². The molecule has 19 heavy (non-hydrogen) atoms. The van der Waals surface area contributed by atoms with E-state index < -0.39 is 0 Å². The van der Waals surface area contributed by atoms with Gasteiger partial charge in [-0.3, -0.25) is 0 Å². The first-order valence-corrected chi connectivity index (χ1v) is 7.70. The highest BCUT2D eigenvalue weighted by atomic mass is 16.3. The van der Waals surface area contributed by atoms with Gasteiger partial charge in [0, 0.05) is 30.6 Å². The largest absolute Gasteiger partial charge is 0.466 e. The second-order valence-corrected chi connectivity index (χ2v) is 6.02. The van der Waals surface area contributed by atoms with E-state index in [9.17, 15) is 0 Å². The summed E-state index contributed by atoms with van der Waals surface area (Å²) in [6.07, 6.45) is 6.28. The van der Waals surface area contributed by atoms with Crippen molar-refractivity contribution in [2.24, 2.45) is 0 Å². The molecule has 0 aromatic carbocycles. The van der Waals surface area contributed by atoms with Crippen molar-refractivity contribution in [1.82, 2.24) is 10.6 Å². The van der Waals surface area contributed by atoms with Crippen LogP contribution in [0.25, 0.3) is 0 Å². The van der Waals surface area contributed by atoms with Gasteiger partial charge in [0.15, 0.2) is 0 Å². The highest BCUT2D eigenvalue weighted by molar-refractivity contribution is 5.20. The summed E-state index contributed by atoms with van der Waals surface area (Å²) in [5.74, 6) is 2.21. The second kappa shape index (κ2) is 7.11. The summed E-state index contributed by atoms with van der Waals surface area (Å²) in [5.41, 5.74) is 1.31. The van der Waals surface area contributed by atoms with Crippen LogP contribution < -0.4 is 10.6 Å². The molecule has 0 bridgehead atoms. The van der Waals surface area contributed by atoms with Crippen LogP contribution in [0.15, 0.2) is 10.5 Å². The fourth-order valence-electron chi connectivity index (χ4n) is 2.22. The van der Waals surface area contributed by atoms with Crippen molar-refractivity contribution in [3.8, 4) is 0 Å². The summed E-state index contributed by atoms with van der Waals surface area (Å²) in [6.45, 7) is 8.48. The van der Waals surface area contributed by atoms with Gasteiger partial charge in [-0.25, -0.2) is 0 Å². The van der Waals surface area contributed by atoms with Crippen molar-refractivity contribution in [3.63, 3.8) is 0 Å². The maximum atomic E-state index is 5.83. The van der Waals surface area contributed by atoms with Crippen LogP contribution in [0.2, 0.25) is 0 Å². The molecule has 0 spiro atoms. The molecule has 1 heterocycles. The molecule has 2 N–H and O–H groups in total. The van der Waals surface area contributed by atoms with Crippen molar-refractivity contribution in [2.45, 2.75) is 71.5 Å². The van der Waals surface area contributed by atoms with Gasteiger partial charge < -0.3 is 15.1 Å². The van der Waals surface area contributed by atoms with E-state index in [1.807, 2.05) is 0 Å². The zero-order valence-electron chi connectivity index (χ0n) is 12.6. The van der Waals surface area contributed by atoms with Gasteiger partial charge in [-0.15, -0.1) is 0 Å². The van der Waals surface area contributed by atoms with Gasteiger partial charge in [-0.1, -0.05) is 13.8 Å². The number of rotatable bonds is 9. The molecule has 3 heteroatoms. The quantitative estimate of drug-likeness (QED) is 0.673. The SMILES string of the molecule is Cc1oc(CCCCNC2CC2)cc1CNC(C)C. The molecule has 0 unspecified atom stereocenters. The molecule has 1 aliphatic carbocycles. The van der Waals surface area contributed by atoms with E-state index in [-0.39, 0.29) is 0 Å². The van der Waals surface area contributed by atoms with Gasteiger partial charge in [0.25, 0.3) is 0 Å². The standard InChI is InChI=1S/C16H28N2O/c1-12(2)18-11-14-10-16(19-13(14)3)6-4-5-9-17-15-7-8-15/h10,12,15,17-18H,4-9,11H2,1-3H3. The van der Waals surface area contributed by atoms with Gasteiger partial charge in [-0.05, 0) is 45.2 Å². The summed E-state index contributed by atoms with van der Waals surface area (Å²) in [4.78, 5) is 0. The first kappa shape index (κ1) is 14.6. The number of unbranched alkanes of at least 4 members (excludes halogenated alkanes) is 1. The number of hydrogen-bond donors (Lipinski definition) is 2. The molecule has 108 valence electrons. The molecule has 0 atom stereocenters. The van der Waals surface area contributed by atoms with Gasteiger partial charge >= 0.3 is 0 Å². The molecular formula is C16H28N2O. The summed E-state index contributed by atoms with van der Waals surface area (Å²) in [7, 11) is 0. The van der Waals surface area contributed by atoms with Crippen molar-refractivity contribution in [1.29, 1.82) is 0 Å². The van der Waals surface area contributed by atoms with Crippen LogP contribution in [0.5, 0.6) is 0 Å². The lowest BCUT2D eigenvalue weighted by Gasteiger charge is -2.06. The van der Waals surface area contributed by atoms with Crippen molar-refractivity contribution >= 4 is 0 Å². The van der Waals surface area contributed by atoms with Crippen LogP contribution >= 0.6 is 0 Å². The highest BCUT2D eigenvalue weighted by Crippen LogP contribution is 2.19. The lowest BCUT2D eigenvalue weighted by atomic mass is 10.1. The Kier molecular flexibility index (Phi) is 5.46. The van der Waals surface area contributed by atoms with Crippen LogP contribution in [0.1, 0.15) is 56.6 Å². The molecule has 0 aliphatic heterocycles. The van der Waals surface area contributed by atoms with Gasteiger partial charge in [0.2, 0.25) is 0 Å². The minimum absolute atomic E-state index is 0.520. The first-order valence-electron chi connectivity index (χ1n) is 7.70. The number of furan rings is 1. The average Bonchev–Trinajstić information content (AvgIpc) is 3.10. The molecule has 0 saturated heterocycles. The smallest absolute Gasteiger partial charge is 0.105 e. The molecule has 3 nitrogen and oxygen atoms in total. The monoisotopic (exact) mass is 264 g/mol. The fraction of sp³-hybridized carbons (Fsp3) is 0.750. The summed E-state index contributed by atoms with van der Waals surface area (Å²) >= 11 is 0. The van der Waals surface area contributed by atoms with Crippen LogP contribution in [0.4, 0.5) is 0 Å². The van der Waals surface area contributed by atoms with Crippen LogP contribution in [-0.4, -0.2) is 18.6 Å². The Bertz CT molecular complexity index is 380. The van der Waals surface area contributed by atoms with E-state index in [0.29, 0.717) is 6.04 Å². The minimum atomic E-state index is 0.520. The van der Waals surface area contributed by atoms with E-state index in [2.05, 4.69) is 37.5 Å². The highest BCUT2D eigenvalue weighted by Gasteiger charge is 2.19. The zero-order chi connectivity index (χ0) is 13.7. The van der Waals surface area contributed by atoms with E-state index in [0.717, 1.165) is 37.1 Å². The van der Waals surface area contributed by atoms with Crippen LogP contribution in [-0.2, 0) is 13.0 Å². The van der Waals surface area contributed by atoms with Gasteiger partial charge in [-0.2, -0.15) is 0 Å². The van der Waals surface area contributed by atoms with Gasteiger partial charge in [0.05, 0.1) is 0 Å². The molecule has 0 radical (unpaired) electrons. The molecule has 1 saturated carbocycles. The Morgan fingerprint density at radius 2 is 2.11 bits per heavy atom. The third-order valence-corrected chi connectivity index (χ3v) is 3.63. The molecule has 1 fully saturated rings. The summed E-state index contributed by atoms with van der Waals surface area (Å²) in [6, 6.07) is 3.57. The van der Waals surface area contributed by atoms with Crippen molar-refractivity contribution in [2.75, 3.05) is 6.54 Å². The van der Waals surface area contributed by atoms with Crippen molar-refractivity contribution in [3.05, 3.63) is 23.2 Å². The molecule has 1 aromatic heterocycles. The second-order valence-electron chi connectivity index (χ2n) is 6.02. The van der Waals surface area contributed by atoms with Gasteiger partial charge in [0.1, 0.15) is 11.5 Å². The van der Waals surface area contributed by atoms with E-state index in [1.165, 1.54) is 31.2 Å². The maximum Gasteiger partial charge on any atom is 0.105 e. The van der Waals surface area contributed by atoms with Crippen LogP contribution in [0, 0.1) is 6.92 Å². The molecular weight excluding hydrogens is 236 g/mol. The maximum absolute atomic E-state index is 5.83. The summed E-state index contributed by atoms with van der Waals surface area (Å²) < 4.78 is 5.83. The lowest BCUT2D eigenvalue weighted by Crippen LogP contribution is -2.21. The number of hydrogen-bond acceptors (Lipinski definition) is 3. The predicted octanol–water partition coefficient (Wildman–Crippen LogP) is 3.16. The average molecular weight is 264 g/mol. The van der Waals surface area contributed by atoms with E-state index in [1.54, 1.807) is 0 Å². The first-order chi connectivity index (χ1) is 9.15. The molecule has 1 aliphatic rings. The Morgan fingerprint density at radius 3 is 2.79 bits per heavy atom. The molecule has 0 amide bonds. The minimum Gasteiger partial charge on any atom is -0.466 e. The topological polar surface area (TPSA) is 37.2 Å². The molecule has 1 aromatic rings. The van der Waals surface area contributed by atoms with Crippen LogP contribution in [0.3, 0.4) is 0 Å². The normalized spacial score (nSPS) is 15.4.